The van der Waals surface area contributed by atoms with E-state index in [4.69, 9.17) is 10.5 Å². The smallest absolute Gasteiger partial charge is 0.323 e. The summed E-state index contributed by atoms with van der Waals surface area (Å²) >= 11 is 0. The van der Waals surface area contributed by atoms with Crippen molar-refractivity contribution in [3.8, 4) is 0 Å². The number of hydrogen-bond donors (Lipinski definition) is 1. The van der Waals surface area contributed by atoms with E-state index in [1.807, 2.05) is 0 Å². The van der Waals surface area contributed by atoms with Crippen molar-refractivity contribution in [2.24, 2.45) is 11.7 Å². The lowest BCUT2D eigenvalue weighted by Gasteiger charge is -2.16. The van der Waals surface area contributed by atoms with E-state index in [1.54, 1.807) is 6.92 Å². The average molecular weight is 208 g/mol. The van der Waals surface area contributed by atoms with Crippen LogP contribution in [0.15, 0.2) is 0 Å². The van der Waals surface area contributed by atoms with E-state index in [2.05, 4.69) is 0 Å². The van der Waals surface area contributed by atoms with Crippen LogP contribution in [0.5, 0.6) is 0 Å². The van der Waals surface area contributed by atoms with Crippen LogP contribution >= 0.6 is 12.4 Å². The number of esters is 1. The first-order valence-corrected chi connectivity index (χ1v) is 4.68. The van der Waals surface area contributed by atoms with Crippen molar-refractivity contribution in [1.82, 2.24) is 0 Å². The largest absolute Gasteiger partial charge is 0.465 e. The van der Waals surface area contributed by atoms with Gasteiger partial charge in [-0.05, 0) is 25.7 Å². The topological polar surface area (TPSA) is 52.3 Å². The molecule has 1 rings (SSSR count). The maximum Gasteiger partial charge on any atom is 0.323 e. The molecule has 0 bridgehead atoms. The van der Waals surface area contributed by atoms with Crippen molar-refractivity contribution < 1.29 is 9.53 Å². The molecule has 0 radical (unpaired) electrons. The summed E-state index contributed by atoms with van der Waals surface area (Å²) in [6.07, 6.45) is 4.58. The first kappa shape index (κ1) is 12.7. The predicted octanol–water partition coefficient (Wildman–Crippen LogP) is 1.49. The number of carbonyl (C=O) groups excluding carboxylic acids is 1. The Balaban J connectivity index is 0.00000144. The summed E-state index contributed by atoms with van der Waals surface area (Å²) in [6, 6.07) is -0.382. The van der Waals surface area contributed by atoms with Gasteiger partial charge in [-0.3, -0.25) is 4.79 Å². The minimum atomic E-state index is -0.382. The Labute approximate surface area is 85.4 Å². The standard InChI is InChI=1S/C9H17NO2.ClH/c1-2-12-9(11)8(10)7-5-3-4-6-7;/h7-8H,2-6,10H2,1H3;1H/t8-;/m0./s1. The molecule has 3 nitrogen and oxygen atoms in total. The van der Waals surface area contributed by atoms with Gasteiger partial charge in [0.15, 0.2) is 0 Å². The zero-order valence-corrected chi connectivity index (χ0v) is 8.81. The van der Waals surface area contributed by atoms with Crippen LogP contribution in [0.3, 0.4) is 0 Å². The molecule has 0 aromatic carbocycles. The third-order valence-electron chi connectivity index (χ3n) is 2.47. The minimum absolute atomic E-state index is 0. The molecule has 0 aliphatic heterocycles. The second-order valence-electron chi connectivity index (χ2n) is 3.32. The van der Waals surface area contributed by atoms with Crippen molar-refractivity contribution >= 4 is 18.4 Å². The van der Waals surface area contributed by atoms with Crippen LogP contribution in [-0.4, -0.2) is 18.6 Å². The van der Waals surface area contributed by atoms with Crippen LogP contribution < -0.4 is 5.73 Å². The summed E-state index contributed by atoms with van der Waals surface area (Å²) in [5.74, 6) is 0.133. The van der Waals surface area contributed by atoms with E-state index >= 15 is 0 Å². The summed E-state index contributed by atoms with van der Waals surface area (Å²) in [7, 11) is 0. The molecule has 0 heterocycles. The minimum Gasteiger partial charge on any atom is -0.465 e. The number of hydrogen-bond acceptors (Lipinski definition) is 3. The van der Waals surface area contributed by atoms with Gasteiger partial charge in [-0.25, -0.2) is 0 Å². The van der Waals surface area contributed by atoms with Crippen LogP contribution in [0.4, 0.5) is 0 Å². The molecule has 4 heteroatoms. The van der Waals surface area contributed by atoms with Gasteiger partial charge in [0.2, 0.25) is 0 Å². The maximum absolute atomic E-state index is 11.2. The van der Waals surface area contributed by atoms with Crippen molar-refractivity contribution in [3.05, 3.63) is 0 Å². The van der Waals surface area contributed by atoms with Gasteiger partial charge in [0.25, 0.3) is 0 Å². The van der Waals surface area contributed by atoms with E-state index in [0.717, 1.165) is 12.8 Å². The number of rotatable bonds is 3. The van der Waals surface area contributed by atoms with Crippen LogP contribution in [0.25, 0.3) is 0 Å². The Kier molecular flexibility index (Phi) is 6.08. The van der Waals surface area contributed by atoms with Gasteiger partial charge in [0.1, 0.15) is 6.04 Å². The number of ether oxygens (including phenoxy) is 1. The SMILES string of the molecule is CCOC(=O)[C@@H](N)C1CCCC1.Cl. The highest BCUT2D eigenvalue weighted by atomic mass is 35.5. The third kappa shape index (κ3) is 3.53. The molecule has 1 atom stereocenters. The van der Waals surface area contributed by atoms with E-state index in [9.17, 15) is 4.79 Å². The van der Waals surface area contributed by atoms with Gasteiger partial charge >= 0.3 is 5.97 Å². The number of nitrogens with two attached hydrogens (primary N) is 1. The monoisotopic (exact) mass is 207 g/mol. The summed E-state index contributed by atoms with van der Waals surface area (Å²) in [4.78, 5) is 11.2. The Morgan fingerprint density at radius 2 is 2.08 bits per heavy atom. The molecule has 0 aromatic heterocycles. The lowest BCUT2D eigenvalue weighted by Crippen LogP contribution is -2.38. The average Bonchev–Trinajstić information content (AvgIpc) is 2.55. The van der Waals surface area contributed by atoms with E-state index in [-0.39, 0.29) is 24.4 Å². The lowest BCUT2D eigenvalue weighted by molar-refractivity contribution is -0.146. The molecule has 1 saturated carbocycles. The van der Waals surface area contributed by atoms with Gasteiger partial charge < -0.3 is 10.5 Å². The van der Waals surface area contributed by atoms with Crippen molar-refractivity contribution in [2.75, 3.05) is 6.61 Å². The van der Waals surface area contributed by atoms with Crippen molar-refractivity contribution in [1.29, 1.82) is 0 Å². The number of halogens is 1. The maximum atomic E-state index is 11.2. The Morgan fingerprint density at radius 3 is 2.54 bits per heavy atom. The summed E-state index contributed by atoms with van der Waals surface area (Å²) in [5.41, 5.74) is 5.73. The molecule has 0 saturated heterocycles. The van der Waals surface area contributed by atoms with Crippen molar-refractivity contribution in [3.63, 3.8) is 0 Å². The fourth-order valence-corrected chi connectivity index (χ4v) is 1.75. The number of carbonyl (C=O) groups is 1. The fourth-order valence-electron chi connectivity index (χ4n) is 1.75. The van der Waals surface area contributed by atoms with Gasteiger partial charge in [-0.15, -0.1) is 12.4 Å². The normalized spacial score (nSPS) is 19.2. The molecule has 13 heavy (non-hydrogen) atoms. The highest BCUT2D eigenvalue weighted by Crippen LogP contribution is 2.27. The molecule has 0 amide bonds. The summed E-state index contributed by atoms with van der Waals surface area (Å²) in [6.45, 7) is 2.23. The fraction of sp³-hybridized carbons (Fsp3) is 0.889. The highest BCUT2D eigenvalue weighted by molar-refractivity contribution is 5.85. The second kappa shape index (κ2) is 6.22. The molecule has 1 aliphatic rings. The van der Waals surface area contributed by atoms with Crippen LogP contribution in [0.1, 0.15) is 32.6 Å². The second-order valence-corrected chi connectivity index (χ2v) is 3.32. The van der Waals surface area contributed by atoms with Crippen LogP contribution in [-0.2, 0) is 9.53 Å². The Morgan fingerprint density at radius 1 is 1.54 bits per heavy atom. The first-order valence-electron chi connectivity index (χ1n) is 4.68. The van der Waals surface area contributed by atoms with E-state index < -0.39 is 0 Å². The van der Waals surface area contributed by atoms with Crippen LogP contribution in [0, 0.1) is 5.92 Å². The van der Waals surface area contributed by atoms with E-state index in [1.165, 1.54) is 12.8 Å². The molecule has 0 spiro atoms. The Hall–Kier alpha value is -0.280. The molecule has 0 unspecified atom stereocenters. The van der Waals surface area contributed by atoms with Gasteiger partial charge in [0, 0.05) is 0 Å². The van der Waals surface area contributed by atoms with Crippen LogP contribution in [0.2, 0.25) is 0 Å². The quantitative estimate of drug-likeness (QED) is 0.714. The molecule has 1 aliphatic carbocycles. The Bertz CT molecular complexity index is 158. The molecule has 2 N–H and O–H groups in total. The third-order valence-corrected chi connectivity index (χ3v) is 2.47. The van der Waals surface area contributed by atoms with Gasteiger partial charge in [-0.2, -0.15) is 0 Å². The first-order chi connectivity index (χ1) is 5.75. The highest BCUT2D eigenvalue weighted by Gasteiger charge is 2.27. The molecule has 78 valence electrons. The van der Waals surface area contributed by atoms with Crippen molar-refractivity contribution in [2.45, 2.75) is 38.6 Å². The zero-order chi connectivity index (χ0) is 8.97. The predicted molar refractivity (Wildman–Crippen MR) is 53.8 cm³/mol. The summed E-state index contributed by atoms with van der Waals surface area (Å²) < 4.78 is 4.85. The van der Waals surface area contributed by atoms with Gasteiger partial charge in [0.05, 0.1) is 6.61 Å². The lowest BCUT2D eigenvalue weighted by atomic mass is 9.99. The molecular weight excluding hydrogens is 190 g/mol. The molecule has 0 aromatic rings. The zero-order valence-electron chi connectivity index (χ0n) is 7.99. The summed E-state index contributed by atoms with van der Waals surface area (Å²) in [5, 5.41) is 0. The molecule has 1 fully saturated rings. The molecular formula is C9H18ClNO2. The van der Waals surface area contributed by atoms with Gasteiger partial charge in [-0.1, -0.05) is 12.8 Å². The van der Waals surface area contributed by atoms with E-state index in [0.29, 0.717) is 12.5 Å².